The van der Waals surface area contributed by atoms with Crippen LogP contribution in [0.1, 0.15) is 5.56 Å². The molecule has 0 amide bonds. The first kappa shape index (κ1) is 8.90. The van der Waals surface area contributed by atoms with Crippen molar-refractivity contribution < 1.29 is 8.76 Å². The molecule has 0 radical (unpaired) electrons. The van der Waals surface area contributed by atoms with Gasteiger partial charge >= 0.3 is 0 Å². The monoisotopic (exact) mass is 234 g/mol. The molecule has 1 unspecified atom stereocenters. The SMILES string of the molecule is Cc1cc(S(=O)O)ccc1Br. The van der Waals surface area contributed by atoms with Gasteiger partial charge in [0.25, 0.3) is 0 Å². The number of aryl methyl sites for hydroxylation is 1. The van der Waals surface area contributed by atoms with E-state index >= 15 is 0 Å². The van der Waals surface area contributed by atoms with Gasteiger partial charge in [0, 0.05) is 4.47 Å². The van der Waals surface area contributed by atoms with Gasteiger partial charge in [0.2, 0.25) is 0 Å². The Kier molecular flexibility index (Phi) is 2.81. The van der Waals surface area contributed by atoms with Crippen molar-refractivity contribution in [1.82, 2.24) is 0 Å². The van der Waals surface area contributed by atoms with E-state index in [-0.39, 0.29) is 0 Å². The van der Waals surface area contributed by atoms with E-state index in [0.29, 0.717) is 4.90 Å². The summed E-state index contributed by atoms with van der Waals surface area (Å²) in [5.41, 5.74) is 0.963. The lowest BCUT2D eigenvalue weighted by Gasteiger charge is -1.98. The van der Waals surface area contributed by atoms with Gasteiger partial charge in [-0.2, -0.15) is 0 Å². The lowest BCUT2D eigenvalue weighted by atomic mass is 10.2. The van der Waals surface area contributed by atoms with E-state index in [4.69, 9.17) is 4.55 Å². The van der Waals surface area contributed by atoms with Crippen LogP contribution < -0.4 is 0 Å². The van der Waals surface area contributed by atoms with Crippen molar-refractivity contribution in [2.24, 2.45) is 0 Å². The summed E-state index contributed by atoms with van der Waals surface area (Å²) in [6.07, 6.45) is 0. The van der Waals surface area contributed by atoms with Crippen LogP contribution in [0, 0.1) is 6.92 Å². The third kappa shape index (κ3) is 2.12. The third-order valence-corrected chi connectivity index (χ3v) is 2.88. The fourth-order valence-electron chi connectivity index (χ4n) is 0.726. The second kappa shape index (κ2) is 3.47. The molecule has 0 bridgehead atoms. The molecule has 1 aromatic carbocycles. The zero-order valence-corrected chi connectivity index (χ0v) is 8.28. The first-order valence-electron chi connectivity index (χ1n) is 2.98. The molecule has 60 valence electrons. The summed E-state index contributed by atoms with van der Waals surface area (Å²) in [5, 5.41) is 0. The minimum atomic E-state index is -1.87. The normalized spacial score (nSPS) is 13.0. The van der Waals surface area contributed by atoms with Crippen LogP contribution in [0.15, 0.2) is 27.6 Å². The molecule has 0 fully saturated rings. The highest BCUT2D eigenvalue weighted by Crippen LogP contribution is 2.18. The van der Waals surface area contributed by atoms with Crippen LogP contribution in [0.25, 0.3) is 0 Å². The molecular formula is C7H7BrO2S. The minimum Gasteiger partial charge on any atom is -0.302 e. The molecule has 0 spiro atoms. The molecule has 0 aromatic heterocycles. The van der Waals surface area contributed by atoms with E-state index < -0.39 is 11.1 Å². The van der Waals surface area contributed by atoms with Crippen LogP contribution >= 0.6 is 15.9 Å². The maximum absolute atomic E-state index is 10.6. The van der Waals surface area contributed by atoms with Gasteiger partial charge in [0.1, 0.15) is 0 Å². The number of halogens is 1. The van der Waals surface area contributed by atoms with Gasteiger partial charge in [0.05, 0.1) is 4.90 Å². The van der Waals surface area contributed by atoms with Crippen molar-refractivity contribution >= 4 is 27.0 Å². The fourth-order valence-corrected chi connectivity index (χ4v) is 1.43. The second-order valence-corrected chi connectivity index (χ2v) is 3.98. The summed E-state index contributed by atoms with van der Waals surface area (Å²) in [5.74, 6) is 0. The Balaban J connectivity index is 3.15. The zero-order chi connectivity index (χ0) is 8.43. The Morgan fingerprint density at radius 3 is 2.64 bits per heavy atom. The molecule has 0 aliphatic carbocycles. The number of rotatable bonds is 1. The van der Waals surface area contributed by atoms with Gasteiger partial charge in [-0.3, -0.25) is 0 Å². The number of hydrogen-bond acceptors (Lipinski definition) is 1. The van der Waals surface area contributed by atoms with E-state index in [1.54, 1.807) is 18.2 Å². The van der Waals surface area contributed by atoms with E-state index in [0.717, 1.165) is 10.0 Å². The quantitative estimate of drug-likeness (QED) is 0.758. The van der Waals surface area contributed by atoms with Crippen molar-refractivity contribution in [3.05, 3.63) is 28.2 Å². The van der Waals surface area contributed by atoms with E-state index in [2.05, 4.69) is 15.9 Å². The summed E-state index contributed by atoms with van der Waals surface area (Å²) < 4.78 is 20.2. The number of hydrogen-bond donors (Lipinski definition) is 1. The first-order valence-corrected chi connectivity index (χ1v) is 4.88. The minimum absolute atomic E-state index is 0.436. The van der Waals surface area contributed by atoms with Crippen molar-refractivity contribution in [3.8, 4) is 0 Å². The lowest BCUT2D eigenvalue weighted by molar-refractivity contribution is 0.564. The van der Waals surface area contributed by atoms with Crippen molar-refractivity contribution in [3.63, 3.8) is 0 Å². The van der Waals surface area contributed by atoms with Gasteiger partial charge in [-0.25, -0.2) is 4.21 Å². The molecule has 1 rings (SSSR count). The predicted octanol–water partition coefficient (Wildman–Crippen LogP) is 2.34. The first-order chi connectivity index (χ1) is 5.11. The van der Waals surface area contributed by atoms with Gasteiger partial charge < -0.3 is 4.55 Å². The standard InChI is InChI=1S/C7H7BrO2S/c1-5-4-6(11(9)10)2-3-7(5)8/h2-4H,1H3,(H,9,10). The zero-order valence-electron chi connectivity index (χ0n) is 5.87. The molecule has 0 aliphatic heterocycles. The maximum atomic E-state index is 10.6. The van der Waals surface area contributed by atoms with Crippen molar-refractivity contribution in [2.75, 3.05) is 0 Å². The molecule has 11 heavy (non-hydrogen) atoms. The van der Waals surface area contributed by atoms with Crippen LogP contribution in [0.3, 0.4) is 0 Å². The molecule has 1 atom stereocenters. The van der Waals surface area contributed by atoms with Crippen LogP contribution in [0.2, 0.25) is 0 Å². The van der Waals surface area contributed by atoms with Gasteiger partial charge in [0.15, 0.2) is 11.1 Å². The Hall–Kier alpha value is -0.190. The fraction of sp³-hybridized carbons (Fsp3) is 0.143. The Bertz CT molecular complexity index is 298. The smallest absolute Gasteiger partial charge is 0.186 e. The highest BCUT2D eigenvalue weighted by molar-refractivity contribution is 9.10. The summed E-state index contributed by atoms with van der Waals surface area (Å²) in [7, 11) is 0. The molecule has 0 saturated carbocycles. The van der Waals surface area contributed by atoms with Crippen molar-refractivity contribution in [2.45, 2.75) is 11.8 Å². The van der Waals surface area contributed by atoms with Crippen LogP contribution in [-0.4, -0.2) is 8.76 Å². The Morgan fingerprint density at radius 2 is 2.18 bits per heavy atom. The number of benzene rings is 1. The molecule has 0 heterocycles. The average molecular weight is 235 g/mol. The van der Waals surface area contributed by atoms with Gasteiger partial charge in [-0.1, -0.05) is 15.9 Å². The Labute approximate surface area is 76.0 Å². The summed E-state index contributed by atoms with van der Waals surface area (Å²) in [6.45, 7) is 1.88. The average Bonchev–Trinajstić information content (AvgIpc) is 1.94. The highest BCUT2D eigenvalue weighted by atomic mass is 79.9. The van der Waals surface area contributed by atoms with Crippen molar-refractivity contribution in [1.29, 1.82) is 0 Å². The summed E-state index contributed by atoms with van der Waals surface area (Å²) in [6, 6.07) is 5.06. The molecule has 1 N–H and O–H groups in total. The molecule has 2 nitrogen and oxygen atoms in total. The topological polar surface area (TPSA) is 37.3 Å². The van der Waals surface area contributed by atoms with Crippen LogP contribution in [0.5, 0.6) is 0 Å². The van der Waals surface area contributed by atoms with Gasteiger partial charge in [-0.05, 0) is 30.7 Å². The molecule has 1 aromatic rings. The third-order valence-electron chi connectivity index (χ3n) is 1.33. The molecule has 4 heteroatoms. The largest absolute Gasteiger partial charge is 0.302 e. The van der Waals surface area contributed by atoms with Crippen LogP contribution in [-0.2, 0) is 11.1 Å². The molecular weight excluding hydrogens is 228 g/mol. The predicted molar refractivity (Wildman–Crippen MR) is 47.9 cm³/mol. The summed E-state index contributed by atoms with van der Waals surface area (Å²) in [4.78, 5) is 0.436. The van der Waals surface area contributed by atoms with E-state index in [1.165, 1.54) is 0 Å². The Morgan fingerprint density at radius 1 is 1.55 bits per heavy atom. The lowest BCUT2D eigenvalue weighted by Crippen LogP contribution is -1.88. The molecule has 0 saturated heterocycles. The van der Waals surface area contributed by atoms with E-state index in [1.807, 2.05) is 6.92 Å². The second-order valence-electron chi connectivity index (χ2n) is 2.16. The van der Waals surface area contributed by atoms with Gasteiger partial charge in [-0.15, -0.1) is 0 Å². The highest BCUT2D eigenvalue weighted by Gasteiger charge is 2.00. The summed E-state index contributed by atoms with van der Waals surface area (Å²) >= 11 is 1.43. The van der Waals surface area contributed by atoms with Crippen LogP contribution in [0.4, 0.5) is 0 Å². The molecule has 0 aliphatic rings. The maximum Gasteiger partial charge on any atom is 0.186 e. The van der Waals surface area contributed by atoms with E-state index in [9.17, 15) is 4.21 Å².